The molecule has 1 aromatic heterocycles. The number of rotatable bonds is 5. The zero-order valence-corrected chi connectivity index (χ0v) is 12.1. The van der Waals surface area contributed by atoms with Gasteiger partial charge in [0.2, 0.25) is 5.91 Å². The van der Waals surface area contributed by atoms with Gasteiger partial charge in [-0.05, 0) is 39.1 Å². The van der Waals surface area contributed by atoms with Gasteiger partial charge < -0.3 is 16.0 Å². The van der Waals surface area contributed by atoms with Gasteiger partial charge in [-0.15, -0.1) is 0 Å². The molecule has 0 bridgehead atoms. The Morgan fingerprint density at radius 3 is 2.95 bits per heavy atom. The van der Waals surface area contributed by atoms with Gasteiger partial charge in [0.05, 0.1) is 24.1 Å². The smallest absolute Gasteiger partial charge is 0.234 e. The van der Waals surface area contributed by atoms with Crippen LogP contribution >= 0.6 is 0 Å². The minimum Gasteiger partial charge on any atom is -0.399 e. The minimum absolute atomic E-state index is 0.0165. The van der Waals surface area contributed by atoms with Gasteiger partial charge in [-0.2, -0.15) is 0 Å². The third kappa shape index (κ3) is 3.71. The number of hydrogen-bond donors (Lipinski definition) is 3. The van der Waals surface area contributed by atoms with Gasteiger partial charge in [-0.3, -0.25) is 9.69 Å². The number of aromatic amines is 1. The Hall–Kier alpha value is -2.08. The molecule has 0 aliphatic heterocycles. The van der Waals surface area contributed by atoms with Crippen LogP contribution in [0.3, 0.4) is 0 Å². The topological polar surface area (TPSA) is 87.0 Å². The Labute approximate surface area is 118 Å². The summed E-state index contributed by atoms with van der Waals surface area (Å²) in [5.41, 5.74) is 8.24. The highest BCUT2D eigenvalue weighted by molar-refractivity contribution is 5.79. The SMILES string of the molecule is CC(C)NC(=O)CN(C)Cc1nc2ccc(N)cc2[nH]1. The van der Waals surface area contributed by atoms with E-state index in [0.717, 1.165) is 16.9 Å². The Morgan fingerprint density at radius 2 is 2.25 bits per heavy atom. The van der Waals surface area contributed by atoms with Crippen molar-refractivity contribution >= 4 is 22.6 Å². The molecule has 0 atom stereocenters. The molecule has 6 heteroatoms. The molecule has 0 saturated heterocycles. The molecule has 0 aliphatic carbocycles. The number of H-pyrrole nitrogens is 1. The Balaban J connectivity index is 1.99. The number of nitrogens with two attached hydrogens (primary N) is 1. The third-order valence-electron chi connectivity index (χ3n) is 2.84. The molecular weight excluding hydrogens is 254 g/mol. The second-order valence-corrected chi connectivity index (χ2v) is 5.35. The van der Waals surface area contributed by atoms with E-state index in [4.69, 9.17) is 5.73 Å². The first-order valence-corrected chi connectivity index (χ1v) is 6.66. The number of carbonyl (C=O) groups excluding carboxylic acids is 1. The molecule has 0 saturated carbocycles. The molecule has 6 nitrogen and oxygen atoms in total. The number of likely N-dealkylation sites (N-methyl/N-ethyl adjacent to an activating group) is 1. The summed E-state index contributed by atoms with van der Waals surface area (Å²) in [5.74, 6) is 0.841. The molecule has 0 fully saturated rings. The van der Waals surface area contributed by atoms with Crippen LogP contribution in [-0.4, -0.2) is 40.4 Å². The maximum absolute atomic E-state index is 11.7. The van der Waals surface area contributed by atoms with Gasteiger partial charge in [0.15, 0.2) is 0 Å². The first-order chi connectivity index (χ1) is 9.44. The monoisotopic (exact) mass is 275 g/mol. The number of nitrogens with zero attached hydrogens (tertiary/aromatic N) is 2. The number of anilines is 1. The quantitative estimate of drug-likeness (QED) is 0.713. The molecule has 1 heterocycles. The highest BCUT2D eigenvalue weighted by Crippen LogP contribution is 2.15. The molecule has 2 aromatic rings. The van der Waals surface area contributed by atoms with Crippen molar-refractivity contribution in [2.75, 3.05) is 19.3 Å². The zero-order valence-electron chi connectivity index (χ0n) is 12.1. The zero-order chi connectivity index (χ0) is 14.7. The Bertz CT molecular complexity index is 605. The number of nitrogens with one attached hydrogen (secondary N) is 2. The summed E-state index contributed by atoms with van der Waals surface area (Å²) in [5, 5.41) is 2.87. The molecule has 0 spiro atoms. The lowest BCUT2D eigenvalue weighted by molar-refractivity contribution is -0.122. The van der Waals surface area contributed by atoms with Gasteiger partial charge in [-0.25, -0.2) is 4.98 Å². The Kier molecular flexibility index (Phi) is 4.24. The predicted molar refractivity (Wildman–Crippen MR) is 80.1 cm³/mol. The van der Waals surface area contributed by atoms with Crippen molar-refractivity contribution in [2.45, 2.75) is 26.4 Å². The fraction of sp³-hybridized carbons (Fsp3) is 0.429. The molecule has 0 unspecified atom stereocenters. The van der Waals surface area contributed by atoms with Crippen LogP contribution in [0.25, 0.3) is 11.0 Å². The van der Waals surface area contributed by atoms with E-state index < -0.39 is 0 Å². The third-order valence-corrected chi connectivity index (χ3v) is 2.84. The van der Waals surface area contributed by atoms with Crippen LogP contribution in [0, 0.1) is 0 Å². The summed E-state index contributed by atoms with van der Waals surface area (Å²) in [6.07, 6.45) is 0. The predicted octanol–water partition coefficient (Wildman–Crippen LogP) is 1.10. The molecular formula is C14H21N5O. The normalized spacial score (nSPS) is 11.4. The van der Waals surface area contributed by atoms with Crippen LogP contribution in [-0.2, 0) is 11.3 Å². The lowest BCUT2D eigenvalue weighted by Crippen LogP contribution is -2.38. The van der Waals surface area contributed by atoms with Gasteiger partial charge in [0.25, 0.3) is 0 Å². The van der Waals surface area contributed by atoms with E-state index in [2.05, 4.69) is 15.3 Å². The van der Waals surface area contributed by atoms with Crippen molar-refractivity contribution < 1.29 is 4.79 Å². The fourth-order valence-corrected chi connectivity index (χ4v) is 2.08. The molecule has 0 radical (unpaired) electrons. The average molecular weight is 275 g/mol. The summed E-state index contributed by atoms with van der Waals surface area (Å²) in [4.78, 5) is 21.3. The lowest BCUT2D eigenvalue weighted by atomic mass is 10.3. The van der Waals surface area contributed by atoms with Crippen LogP contribution in [0.15, 0.2) is 18.2 Å². The van der Waals surface area contributed by atoms with Crippen molar-refractivity contribution in [3.8, 4) is 0 Å². The van der Waals surface area contributed by atoms with Gasteiger partial charge in [0.1, 0.15) is 5.82 Å². The minimum atomic E-state index is 0.0165. The lowest BCUT2D eigenvalue weighted by Gasteiger charge is -2.16. The second-order valence-electron chi connectivity index (χ2n) is 5.35. The molecule has 2 rings (SSSR count). The van der Waals surface area contributed by atoms with Gasteiger partial charge in [0, 0.05) is 11.7 Å². The highest BCUT2D eigenvalue weighted by atomic mass is 16.2. The van der Waals surface area contributed by atoms with E-state index in [1.807, 2.05) is 44.0 Å². The molecule has 1 amide bonds. The number of benzene rings is 1. The summed E-state index contributed by atoms with van der Waals surface area (Å²) >= 11 is 0. The number of amides is 1. The fourth-order valence-electron chi connectivity index (χ4n) is 2.08. The van der Waals surface area contributed by atoms with Crippen molar-refractivity contribution in [1.29, 1.82) is 0 Å². The molecule has 4 N–H and O–H groups in total. The van der Waals surface area contributed by atoms with Gasteiger partial charge in [-0.1, -0.05) is 0 Å². The maximum Gasteiger partial charge on any atom is 0.234 e. The summed E-state index contributed by atoms with van der Waals surface area (Å²) < 4.78 is 0. The van der Waals surface area contributed by atoms with Gasteiger partial charge >= 0.3 is 0 Å². The van der Waals surface area contributed by atoms with E-state index in [1.54, 1.807) is 0 Å². The van der Waals surface area contributed by atoms with Crippen LogP contribution in [0.2, 0.25) is 0 Å². The largest absolute Gasteiger partial charge is 0.399 e. The van der Waals surface area contributed by atoms with Crippen molar-refractivity contribution in [3.05, 3.63) is 24.0 Å². The number of nitrogen functional groups attached to an aromatic ring is 1. The van der Waals surface area contributed by atoms with Crippen molar-refractivity contribution in [3.63, 3.8) is 0 Å². The van der Waals surface area contributed by atoms with E-state index in [1.165, 1.54) is 0 Å². The van der Waals surface area contributed by atoms with E-state index >= 15 is 0 Å². The number of carbonyl (C=O) groups is 1. The number of hydrogen-bond acceptors (Lipinski definition) is 4. The maximum atomic E-state index is 11.7. The van der Waals surface area contributed by atoms with E-state index in [9.17, 15) is 4.79 Å². The number of aromatic nitrogens is 2. The molecule has 0 aliphatic rings. The highest BCUT2D eigenvalue weighted by Gasteiger charge is 2.10. The van der Waals surface area contributed by atoms with E-state index in [-0.39, 0.29) is 11.9 Å². The van der Waals surface area contributed by atoms with Crippen molar-refractivity contribution in [2.24, 2.45) is 0 Å². The van der Waals surface area contributed by atoms with Crippen LogP contribution in [0.4, 0.5) is 5.69 Å². The van der Waals surface area contributed by atoms with E-state index in [0.29, 0.717) is 18.8 Å². The van der Waals surface area contributed by atoms with Crippen LogP contribution in [0.5, 0.6) is 0 Å². The van der Waals surface area contributed by atoms with Crippen LogP contribution < -0.4 is 11.1 Å². The number of fused-ring (bicyclic) bond motifs is 1. The van der Waals surface area contributed by atoms with Crippen molar-refractivity contribution in [1.82, 2.24) is 20.2 Å². The number of imidazole rings is 1. The standard InChI is InChI=1S/C14H21N5O/c1-9(2)16-14(20)8-19(3)7-13-17-11-5-4-10(15)6-12(11)18-13/h4-6,9H,7-8,15H2,1-3H3,(H,16,20)(H,17,18). The first kappa shape index (κ1) is 14.3. The molecule has 1 aromatic carbocycles. The second kappa shape index (κ2) is 5.92. The molecule has 108 valence electrons. The summed E-state index contributed by atoms with van der Waals surface area (Å²) in [7, 11) is 1.89. The molecule has 20 heavy (non-hydrogen) atoms. The van der Waals surface area contributed by atoms with Crippen LogP contribution in [0.1, 0.15) is 19.7 Å². The average Bonchev–Trinajstić information content (AvgIpc) is 2.68. The Morgan fingerprint density at radius 1 is 1.50 bits per heavy atom. The summed E-state index contributed by atoms with van der Waals surface area (Å²) in [6.45, 7) is 4.82. The first-order valence-electron chi connectivity index (χ1n) is 6.66. The summed E-state index contributed by atoms with van der Waals surface area (Å²) in [6, 6.07) is 5.73.